The van der Waals surface area contributed by atoms with Crippen molar-refractivity contribution in [2.75, 3.05) is 19.6 Å². The van der Waals surface area contributed by atoms with Crippen LogP contribution >= 0.6 is 0 Å². The molecule has 2 aliphatic heterocycles. The van der Waals surface area contributed by atoms with Crippen LogP contribution in [0.4, 0.5) is 4.79 Å². The third-order valence-corrected chi connectivity index (χ3v) is 3.76. The molecule has 1 amide bonds. The zero-order valence-corrected chi connectivity index (χ0v) is 11.3. The van der Waals surface area contributed by atoms with Crippen molar-refractivity contribution < 1.29 is 9.53 Å². The first-order chi connectivity index (χ1) is 7.92. The van der Waals surface area contributed by atoms with Crippen LogP contribution in [0.2, 0.25) is 0 Å². The fraction of sp³-hybridized carbons (Fsp3) is 0.923. The molecule has 0 aromatic heterocycles. The predicted octanol–water partition coefficient (Wildman–Crippen LogP) is 1.85. The van der Waals surface area contributed by atoms with E-state index in [0.29, 0.717) is 17.9 Å². The monoisotopic (exact) mass is 240 g/mol. The lowest BCUT2D eigenvalue weighted by molar-refractivity contribution is 0.0200. The van der Waals surface area contributed by atoms with Crippen molar-refractivity contribution in [3.63, 3.8) is 0 Å². The first-order valence-electron chi connectivity index (χ1n) is 6.62. The van der Waals surface area contributed by atoms with Crippen LogP contribution in [-0.2, 0) is 4.74 Å². The van der Waals surface area contributed by atoms with E-state index in [2.05, 4.69) is 12.2 Å². The van der Waals surface area contributed by atoms with Crippen LogP contribution in [0, 0.1) is 11.8 Å². The van der Waals surface area contributed by atoms with Gasteiger partial charge in [0.15, 0.2) is 0 Å². The number of fused-ring (bicyclic) bond motifs is 1. The molecule has 17 heavy (non-hydrogen) atoms. The predicted molar refractivity (Wildman–Crippen MR) is 66.9 cm³/mol. The lowest BCUT2D eigenvalue weighted by Crippen LogP contribution is -2.42. The number of hydrogen-bond donors (Lipinski definition) is 1. The Balaban J connectivity index is 2.03. The van der Waals surface area contributed by atoms with E-state index in [1.165, 1.54) is 0 Å². The molecule has 0 spiro atoms. The summed E-state index contributed by atoms with van der Waals surface area (Å²) in [5.74, 6) is 1.24. The van der Waals surface area contributed by atoms with E-state index in [0.717, 1.165) is 26.1 Å². The maximum Gasteiger partial charge on any atom is 0.410 e. The Labute approximate surface area is 104 Å². The highest BCUT2D eigenvalue weighted by atomic mass is 16.6. The highest BCUT2D eigenvalue weighted by molar-refractivity contribution is 5.69. The number of amides is 1. The maximum absolute atomic E-state index is 12.1. The van der Waals surface area contributed by atoms with Gasteiger partial charge in [-0.05, 0) is 39.0 Å². The Morgan fingerprint density at radius 2 is 2.12 bits per heavy atom. The van der Waals surface area contributed by atoms with Gasteiger partial charge in [0.2, 0.25) is 0 Å². The van der Waals surface area contributed by atoms with Gasteiger partial charge >= 0.3 is 6.09 Å². The molecule has 0 aromatic carbocycles. The van der Waals surface area contributed by atoms with Gasteiger partial charge in [-0.15, -0.1) is 0 Å². The van der Waals surface area contributed by atoms with Gasteiger partial charge in [0, 0.05) is 25.7 Å². The average Bonchev–Trinajstić information content (AvgIpc) is 2.72. The Morgan fingerprint density at radius 3 is 2.71 bits per heavy atom. The molecule has 98 valence electrons. The van der Waals surface area contributed by atoms with Crippen LogP contribution in [0.25, 0.3) is 0 Å². The van der Waals surface area contributed by atoms with E-state index in [9.17, 15) is 4.79 Å². The lowest BCUT2D eigenvalue weighted by Gasteiger charge is -2.29. The summed E-state index contributed by atoms with van der Waals surface area (Å²) in [5, 5.41) is 3.42. The maximum atomic E-state index is 12.1. The van der Waals surface area contributed by atoms with E-state index in [1.54, 1.807) is 0 Å². The molecule has 2 fully saturated rings. The van der Waals surface area contributed by atoms with Crippen LogP contribution in [0.3, 0.4) is 0 Å². The summed E-state index contributed by atoms with van der Waals surface area (Å²) < 4.78 is 5.49. The second kappa shape index (κ2) is 4.48. The Morgan fingerprint density at radius 1 is 1.41 bits per heavy atom. The molecule has 0 bridgehead atoms. The van der Waals surface area contributed by atoms with E-state index >= 15 is 0 Å². The van der Waals surface area contributed by atoms with E-state index in [4.69, 9.17) is 4.74 Å². The van der Waals surface area contributed by atoms with Crippen LogP contribution in [-0.4, -0.2) is 42.3 Å². The fourth-order valence-corrected chi connectivity index (χ4v) is 3.08. The van der Waals surface area contributed by atoms with Crippen molar-refractivity contribution in [1.29, 1.82) is 0 Å². The zero-order chi connectivity index (χ0) is 12.6. The van der Waals surface area contributed by atoms with E-state index in [-0.39, 0.29) is 6.09 Å². The number of carbonyl (C=O) groups excluding carboxylic acids is 1. The zero-order valence-electron chi connectivity index (χ0n) is 11.3. The summed E-state index contributed by atoms with van der Waals surface area (Å²) >= 11 is 0. The van der Waals surface area contributed by atoms with Crippen LogP contribution in [0.1, 0.15) is 34.1 Å². The van der Waals surface area contributed by atoms with Crippen molar-refractivity contribution in [3.05, 3.63) is 0 Å². The van der Waals surface area contributed by atoms with Crippen molar-refractivity contribution in [3.8, 4) is 0 Å². The van der Waals surface area contributed by atoms with E-state index < -0.39 is 5.60 Å². The highest BCUT2D eigenvalue weighted by Gasteiger charge is 2.46. The summed E-state index contributed by atoms with van der Waals surface area (Å²) in [7, 11) is 0. The number of rotatable bonds is 1. The molecule has 3 unspecified atom stereocenters. The van der Waals surface area contributed by atoms with Gasteiger partial charge in [-0.3, -0.25) is 0 Å². The molecule has 2 heterocycles. The number of ether oxygens (including phenoxy) is 1. The first kappa shape index (κ1) is 12.7. The SMILES string of the molecule is CCC1C2CNCC2CN1C(=O)OC(C)(C)C. The Bertz CT molecular complexity index is 298. The summed E-state index contributed by atoms with van der Waals surface area (Å²) in [6, 6.07) is 0.352. The molecule has 0 aromatic rings. The van der Waals surface area contributed by atoms with Crippen LogP contribution < -0.4 is 5.32 Å². The minimum Gasteiger partial charge on any atom is -0.444 e. The number of hydrogen-bond acceptors (Lipinski definition) is 3. The standard InChI is InChI=1S/C13H24N2O2/c1-5-11-10-7-14-6-9(10)8-15(11)12(16)17-13(2,3)4/h9-11,14H,5-8H2,1-4H3. The van der Waals surface area contributed by atoms with Gasteiger partial charge in [0.1, 0.15) is 5.60 Å². The molecule has 0 aliphatic carbocycles. The number of nitrogens with zero attached hydrogens (tertiary/aromatic N) is 1. The molecule has 2 aliphatic rings. The van der Waals surface area contributed by atoms with Gasteiger partial charge in [-0.2, -0.15) is 0 Å². The number of carbonyl (C=O) groups is 1. The van der Waals surface area contributed by atoms with Crippen molar-refractivity contribution in [1.82, 2.24) is 10.2 Å². The van der Waals surface area contributed by atoms with Crippen molar-refractivity contribution in [2.24, 2.45) is 11.8 Å². The molecule has 0 radical (unpaired) electrons. The Hall–Kier alpha value is -0.770. The molecule has 4 heteroatoms. The fourth-order valence-electron chi connectivity index (χ4n) is 3.08. The highest BCUT2D eigenvalue weighted by Crippen LogP contribution is 2.35. The van der Waals surface area contributed by atoms with E-state index in [1.807, 2.05) is 25.7 Å². The van der Waals surface area contributed by atoms with Gasteiger partial charge in [0.25, 0.3) is 0 Å². The summed E-state index contributed by atoms with van der Waals surface area (Å²) in [6.07, 6.45) is 0.876. The van der Waals surface area contributed by atoms with Gasteiger partial charge in [0.05, 0.1) is 0 Å². The molecule has 4 nitrogen and oxygen atoms in total. The third kappa shape index (κ3) is 2.57. The van der Waals surface area contributed by atoms with Crippen LogP contribution in [0.5, 0.6) is 0 Å². The van der Waals surface area contributed by atoms with Crippen LogP contribution in [0.15, 0.2) is 0 Å². The number of likely N-dealkylation sites (tertiary alicyclic amines) is 1. The van der Waals surface area contributed by atoms with Gasteiger partial charge < -0.3 is 15.0 Å². The number of nitrogens with one attached hydrogen (secondary N) is 1. The molecule has 0 saturated carbocycles. The van der Waals surface area contributed by atoms with Gasteiger partial charge in [-0.1, -0.05) is 6.92 Å². The minimum atomic E-state index is -0.397. The summed E-state index contributed by atoms with van der Waals surface area (Å²) in [6.45, 7) is 10.9. The quantitative estimate of drug-likeness (QED) is 0.760. The topological polar surface area (TPSA) is 41.6 Å². The smallest absolute Gasteiger partial charge is 0.410 e. The normalized spacial score (nSPS) is 32.7. The summed E-state index contributed by atoms with van der Waals surface area (Å²) in [5.41, 5.74) is -0.397. The first-order valence-corrected chi connectivity index (χ1v) is 6.62. The molecule has 2 rings (SSSR count). The molecule has 2 saturated heterocycles. The molecular formula is C13H24N2O2. The van der Waals surface area contributed by atoms with Crippen molar-refractivity contribution >= 4 is 6.09 Å². The summed E-state index contributed by atoms with van der Waals surface area (Å²) in [4.78, 5) is 14.1. The minimum absolute atomic E-state index is 0.140. The largest absolute Gasteiger partial charge is 0.444 e. The van der Waals surface area contributed by atoms with Gasteiger partial charge in [-0.25, -0.2) is 4.79 Å². The molecule has 3 atom stereocenters. The lowest BCUT2D eigenvalue weighted by atomic mass is 9.93. The third-order valence-electron chi connectivity index (χ3n) is 3.76. The van der Waals surface area contributed by atoms with Crippen molar-refractivity contribution in [2.45, 2.75) is 45.8 Å². The second-order valence-electron chi connectivity index (χ2n) is 6.19. The second-order valence-corrected chi connectivity index (χ2v) is 6.19. The molecular weight excluding hydrogens is 216 g/mol. The average molecular weight is 240 g/mol. The molecule has 1 N–H and O–H groups in total. The Kier molecular flexibility index (Phi) is 3.34.